The van der Waals surface area contributed by atoms with E-state index in [0.29, 0.717) is 37.5 Å². The van der Waals surface area contributed by atoms with Gasteiger partial charge in [-0.1, -0.05) is 30.5 Å². The topological polar surface area (TPSA) is 57.7 Å². The Bertz CT molecular complexity index is 679. The van der Waals surface area contributed by atoms with Crippen LogP contribution in [-0.2, 0) is 14.8 Å². The molecule has 1 heterocycles. The van der Waals surface area contributed by atoms with Crippen molar-refractivity contribution < 1.29 is 13.2 Å². The molecule has 0 bridgehead atoms. The van der Waals surface area contributed by atoms with Gasteiger partial charge >= 0.3 is 0 Å². The minimum Gasteiger partial charge on any atom is -0.341 e. The van der Waals surface area contributed by atoms with Gasteiger partial charge < -0.3 is 4.90 Å². The largest absolute Gasteiger partial charge is 0.341 e. The third-order valence-corrected chi connectivity index (χ3v) is 7.04. The Morgan fingerprint density at radius 1 is 0.958 bits per heavy atom. The lowest BCUT2D eigenvalue weighted by molar-refractivity contribution is -0.135. The summed E-state index contributed by atoms with van der Waals surface area (Å²) in [5.41, 5.74) is 1.04. The third-order valence-electron chi connectivity index (χ3n) is 5.13. The molecule has 3 rings (SSSR count). The Hall–Kier alpha value is -1.40. The van der Waals surface area contributed by atoms with E-state index in [-0.39, 0.29) is 11.8 Å². The Morgan fingerprint density at radius 3 is 2.29 bits per heavy atom. The van der Waals surface area contributed by atoms with Crippen LogP contribution >= 0.6 is 0 Å². The van der Waals surface area contributed by atoms with Gasteiger partial charge in [-0.15, -0.1) is 0 Å². The summed E-state index contributed by atoms with van der Waals surface area (Å²) in [5.74, 6) is 0.382. The molecular weight excluding hydrogens is 324 g/mol. The van der Waals surface area contributed by atoms with Gasteiger partial charge in [0.05, 0.1) is 4.90 Å². The zero-order valence-electron chi connectivity index (χ0n) is 14.3. The van der Waals surface area contributed by atoms with Gasteiger partial charge in [-0.25, -0.2) is 8.42 Å². The number of amides is 1. The van der Waals surface area contributed by atoms with E-state index in [1.807, 2.05) is 24.0 Å². The molecule has 1 aliphatic heterocycles. The van der Waals surface area contributed by atoms with Crippen molar-refractivity contribution in [2.45, 2.75) is 43.9 Å². The fourth-order valence-corrected chi connectivity index (χ4v) is 5.11. The van der Waals surface area contributed by atoms with E-state index in [1.165, 1.54) is 4.31 Å². The Morgan fingerprint density at radius 2 is 1.62 bits per heavy atom. The van der Waals surface area contributed by atoms with Crippen LogP contribution in [0.3, 0.4) is 0 Å². The van der Waals surface area contributed by atoms with Crippen LogP contribution in [0.25, 0.3) is 0 Å². The molecule has 1 aromatic rings. The molecule has 0 aromatic heterocycles. The zero-order chi connectivity index (χ0) is 17.2. The number of aryl methyl sites for hydroxylation is 1. The molecule has 1 saturated heterocycles. The zero-order valence-corrected chi connectivity index (χ0v) is 15.1. The SMILES string of the molecule is Cc1ccc(S(=O)(=O)N2CCCN(C(=O)C3CCCC3)CC2)cc1. The predicted molar refractivity (Wildman–Crippen MR) is 93.1 cm³/mol. The number of rotatable bonds is 3. The molecule has 0 atom stereocenters. The lowest BCUT2D eigenvalue weighted by atomic mass is 10.1. The highest BCUT2D eigenvalue weighted by Crippen LogP contribution is 2.27. The molecule has 2 fully saturated rings. The lowest BCUT2D eigenvalue weighted by Gasteiger charge is -2.24. The Labute approximate surface area is 144 Å². The van der Waals surface area contributed by atoms with Crippen LogP contribution in [0.15, 0.2) is 29.2 Å². The maximum atomic E-state index is 12.8. The fourth-order valence-electron chi connectivity index (χ4n) is 3.64. The van der Waals surface area contributed by atoms with Gasteiger partial charge in [-0.05, 0) is 38.3 Å². The van der Waals surface area contributed by atoms with E-state index in [0.717, 1.165) is 31.2 Å². The second kappa shape index (κ2) is 7.23. The molecule has 1 amide bonds. The smallest absolute Gasteiger partial charge is 0.243 e. The minimum absolute atomic E-state index is 0.158. The average Bonchev–Trinajstić information content (AvgIpc) is 2.98. The number of carbonyl (C=O) groups is 1. The summed E-state index contributed by atoms with van der Waals surface area (Å²) in [6.07, 6.45) is 4.95. The van der Waals surface area contributed by atoms with E-state index in [9.17, 15) is 13.2 Å². The molecule has 2 aliphatic rings. The number of hydrogen-bond donors (Lipinski definition) is 0. The van der Waals surface area contributed by atoms with Gasteiger partial charge in [0, 0.05) is 32.1 Å². The van der Waals surface area contributed by atoms with Crippen molar-refractivity contribution in [3.05, 3.63) is 29.8 Å². The first kappa shape index (κ1) is 17.4. The van der Waals surface area contributed by atoms with Gasteiger partial charge in [-0.3, -0.25) is 4.79 Å². The Kier molecular flexibility index (Phi) is 5.25. The standard InChI is InChI=1S/C18H26N2O3S/c1-15-7-9-17(10-8-15)24(22,23)20-12-4-11-19(13-14-20)18(21)16-5-2-3-6-16/h7-10,16H,2-6,11-14H2,1H3. The molecule has 1 saturated carbocycles. The van der Waals surface area contributed by atoms with E-state index in [4.69, 9.17) is 0 Å². The molecule has 24 heavy (non-hydrogen) atoms. The highest BCUT2D eigenvalue weighted by Gasteiger charge is 2.31. The first-order chi connectivity index (χ1) is 11.5. The van der Waals surface area contributed by atoms with E-state index < -0.39 is 10.0 Å². The van der Waals surface area contributed by atoms with Gasteiger partial charge in [0.25, 0.3) is 0 Å². The van der Waals surface area contributed by atoms with Crippen LogP contribution in [0.2, 0.25) is 0 Å². The highest BCUT2D eigenvalue weighted by molar-refractivity contribution is 7.89. The summed E-state index contributed by atoms with van der Waals surface area (Å²) in [5, 5.41) is 0. The van der Waals surface area contributed by atoms with Crippen molar-refractivity contribution in [3.63, 3.8) is 0 Å². The van der Waals surface area contributed by atoms with Crippen LogP contribution in [0.4, 0.5) is 0 Å². The van der Waals surface area contributed by atoms with Crippen molar-refractivity contribution in [3.8, 4) is 0 Å². The summed E-state index contributed by atoms with van der Waals surface area (Å²) < 4.78 is 27.1. The van der Waals surface area contributed by atoms with Gasteiger partial charge in [-0.2, -0.15) is 4.31 Å². The first-order valence-corrected chi connectivity index (χ1v) is 10.3. The summed E-state index contributed by atoms with van der Waals surface area (Å²) in [4.78, 5) is 14.8. The molecule has 1 aromatic carbocycles. The second-order valence-electron chi connectivity index (χ2n) is 6.88. The lowest BCUT2D eigenvalue weighted by Crippen LogP contribution is -2.39. The molecule has 132 valence electrons. The van der Waals surface area contributed by atoms with Gasteiger partial charge in [0.2, 0.25) is 15.9 Å². The summed E-state index contributed by atoms with van der Waals surface area (Å²) in [6, 6.07) is 6.97. The average molecular weight is 350 g/mol. The maximum absolute atomic E-state index is 12.8. The number of hydrogen-bond acceptors (Lipinski definition) is 3. The fraction of sp³-hybridized carbons (Fsp3) is 0.611. The minimum atomic E-state index is -3.47. The van der Waals surface area contributed by atoms with Crippen LogP contribution in [0.1, 0.15) is 37.7 Å². The number of nitrogens with zero attached hydrogens (tertiary/aromatic N) is 2. The molecule has 0 spiro atoms. The quantitative estimate of drug-likeness (QED) is 0.841. The van der Waals surface area contributed by atoms with Crippen molar-refractivity contribution in [2.75, 3.05) is 26.2 Å². The predicted octanol–water partition coefficient (Wildman–Crippen LogP) is 2.41. The van der Waals surface area contributed by atoms with Gasteiger partial charge in [0.1, 0.15) is 0 Å². The summed E-state index contributed by atoms with van der Waals surface area (Å²) in [7, 11) is -3.47. The number of carbonyl (C=O) groups excluding carboxylic acids is 1. The molecule has 5 nitrogen and oxygen atoms in total. The van der Waals surface area contributed by atoms with Crippen molar-refractivity contribution in [2.24, 2.45) is 5.92 Å². The number of benzene rings is 1. The van der Waals surface area contributed by atoms with Crippen LogP contribution in [-0.4, -0.2) is 49.7 Å². The first-order valence-electron chi connectivity index (χ1n) is 8.84. The number of sulfonamides is 1. The van der Waals surface area contributed by atoms with Crippen molar-refractivity contribution in [1.29, 1.82) is 0 Å². The van der Waals surface area contributed by atoms with E-state index >= 15 is 0 Å². The molecule has 6 heteroatoms. The molecule has 0 N–H and O–H groups in total. The van der Waals surface area contributed by atoms with E-state index in [2.05, 4.69) is 0 Å². The van der Waals surface area contributed by atoms with E-state index in [1.54, 1.807) is 12.1 Å². The third kappa shape index (κ3) is 3.64. The maximum Gasteiger partial charge on any atom is 0.243 e. The molecule has 1 aliphatic carbocycles. The van der Waals surface area contributed by atoms with Crippen molar-refractivity contribution in [1.82, 2.24) is 9.21 Å². The summed E-state index contributed by atoms with van der Waals surface area (Å²) in [6.45, 7) is 3.96. The van der Waals surface area contributed by atoms with Crippen LogP contribution < -0.4 is 0 Å². The molecule has 0 radical (unpaired) electrons. The Balaban J connectivity index is 1.68. The molecular formula is C18H26N2O3S. The second-order valence-corrected chi connectivity index (χ2v) is 8.82. The normalized spacial score (nSPS) is 21.0. The van der Waals surface area contributed by atoms with Crippen molar-refractivity contribution >= 4 is 15.9 Å². The molecule has 0 unspecified atom stereocenters. The van der Waals surface area contributed by atoms with Crippen LogP contribution in [0, 0.1) is 12.8 Å². The monoisotopic (exact) mass is 350 g/mol. The van der Waals surface area contributed by atoms with Crippen LogP contribution in [0.5, 0.6) is 0 Å². The highest BCUT2D eigenvalue weighted by atomic mass is 32.2. The van der Waals surface area contributed by atoms with Gasteiger partial charge in [0.15, 0.2) is 0 Å². The summed E-state index contributed by atoms with van der Waals surface area (Å²) >= 11 is 0.